The molecule has 6 nitrogen and oxygen atoms in total. The van der Waals surface area contributed by atoms with Crippen LogP contribution in [0, 0.1) is 6.92 Å². The molecule has 0 spiro atoms. The number of para-hydroxylation sites is 1. The van der Waals surface area contributed by atoms with Crippen molar-refractivity contribution in [2.24, 2.45) is 0 Å². The Hall–Kier alpha value is -4.06. The van der Waals surface area contributed by atoms with E-state index in [0.717, 1.165) is 51.0 Å². The van der Waals surface area contributed by atoms with Gasteiger partial charge in [-0.25, -0.2) is 9.97 Å². The van der Waals surface area contributed by atoms with Gasteiger partial charge in [-0.3, -0.25) is 0 Å². The Bertz CT molecular complexity index is 1240. The van der Waals surface area contributed by atoms with Crippen molar-refractivity contribution in [2.45, 2.75) is 47.6 Å². The number of anilines is 3. The average molecular weight is 470 g/mol. The number of allylic oxidation sites excluding steroid dienone is 1. The number of nitrogens with one attached hydrogen (secondary N) is 2. The van der Waals surface area contributed by atoms with Gasteiger partial charge in [0, 0.05) is 28.7 Å². The Morgan fingerprint density at radius 2 is 1.71 bits per heavy atom. The van der Waals surface area contributed by atoms with Gasteiger partial charge < -0.3 is 20.6 Å². The molecule has 3 N–H and O–H groups in total. The first-order chi connectivity index (χ1) is 16.9. The normalized spacial score (nSPS) is 13.0. The molecule has 2 heterocycles. The molecule has 4 rings (SSSR count). The first-order valence-corrected chi connectivity index (χ1v) is 11.9. The SMILES string of the molecule is C=C1c2c(O)cccc2C=C([C@H](C)Nc2ncnc(NC=C(C)C)c2C)N1c1ccccc1.CC. The molecule has 1 aliphatic rings. The maximum atomic E-state index is 10.5. The molecular weight excluding hydrogens is 434 g/mol. The van der Waals surface area contributed by atoms with Crippen molar-refractivity contribution in [3.63, 3.8) is 0 Å². The lowest BCUT2D eigenvalue weighted by Gasteiger charge is -2.37. The first-order valence-electron chi connectivity index (χ1n) is 11.9. The van der Waals surface area contributed by atoms with Crippen LogP contribution in [0.5, 0.6) is 5.75 Å². The fraction of sp³-hybridized carbons (Fsp3) is 0.241. The lowest BCUT2D eigenvalue weighted by atomic mass is 9.94. The van der Waals surface area contributed by atoms with Gasteiger partial charge in [0.05, 0.1) is 11.7 Å². The smallest absolute Gasteiger partial charge is 0.138 e. The molecule has 0 aliphatic carbocycles. The van der Waals surface area contributed by atoms with Crippen molar-refractivity contribution >= 4 is 29.1 Å². The zero-order valence-electron chi connectivity index (χ0n) is 21.4. The summed E-state index contributed by atoms with van der Waals surface area (Å²) in [4.78, 5) is 10.9. The highest BCUT2D eigenvalue weighted by Crippen LogP contribution is 2.41. The summed E-state index contributed by atoms with van der Waals surface area (Å²) in [6.07, 6.45) is 5.57. The summed E-state index contributed by atoms with van der Waals surface area (Å²) < 4.78 is 0. The van der Waals surface area contributed by atoms with E-state index in [2.05, 4.69) is 45.1 Å². The van der Waals surface area contributed by atoms with Gasteiger partial charge in [-0.05, 0) is 57.5 Å². The number of benzene rings is 2. The first kappa shape index (κ1) is 25.6. The van der Waals surface area contributed by atoms with Crippen LogP contribution in [-0.4, -0.2) is 21.1 Å². The van der Waals surface area contributed by atoms with Crippen LogP contribution in [0.2, 0.25) is 0 Å². The number of aromatic hydroxyl groups is 1. The van der Waals surface area contributed by atoms with Gasteiger partial charge in [0.1, 0.15) is 23.7 Å². The molecule has 3 aromatic rings. The minimum atomic E-state index is -0.109. The van der Waals surface area contributed by atoms with E-state index >= 15 is 0 Å². The van der Waals surface area contributed by atoms with Crippen molar-refractivity contribution in [3.8, 4) is 5.75 Å². The molecule has 35 heavy (non-hydrogen) atoms. The van der Waals surface area contributed by atoms with Crippen LogP contribution in [0.15, 0.2) is 78.9 Å². The zero-order chi connectivity index (χ0) is 25.5. The van der Waals surface area contributed by atoms with Gasteiger partial charge in [-0.15, -0.1) is 0 Å². The van der Waals surface area contributed by atoms with Crippen LogP contribution in [0.25, 0.3) is 11.8 Å². The molecule has 0 saturated heterocycles. The maximum absolute atomic E-state index is 10.5. The third-order valence-corrected chi connectivity index (χ3v) is 5.59. The Labute approximate surface area is 208 Å². The van der Waals surface area contributed by atoms with E-state index in [0.29, 0.717) is 0 Å². The number of rotatable bonds is 6. The van der Waals surface area contributed by atoms with Crippen molar-refractivity contribution in [3.05, 3.63) is 95.6 Å². The summed E-state index contributed by atoms with van der Waals surface area (Å²) in [7, 11) is 0. The summed E-state index contributed by atoms with van der Waals surface area (Å²) in [5, 5.41) is 17.3. The summed E-state index contributed by atoms with van der Waals surface area (Å²) in [6, 6.07) is 15.5. The van der Waals surface area contributed by atoms with Gasteiger partial charge in [-0.1, -0.05) is 56.3 Å². The fourth-order valence-electron chi connectivity index (χ4n) is 3.92. The van der Waals surface area contributed by atoms with Crippen LogP contribution in [0.1, 0.15) is 51.3 Å². The Morgan fingerprint density at radius 1 is 1.03 bits per heavy atom. The highest BCUT2D eigenvalue weighted by Gasteiger charge is 2.29. The van der Waals surface area contributed by atoms with Crippen LogP contribution in [0.3, 0.4) is 0 Å². The Morgan fingerprint density at radius 3 is 2.40 bits per heavy atom. The number of hydrogen-bond donors (Lipinski definition) is 3. The second-order valence-corrected chi connectivity index (χ2v) is 8.36. The summed E-state index contributed by atoms with van der Waals surface area (Å²) in [5.41, 5.74) is 6.46. The largest absolute Gasteiger partial charge is 0.507 e. The minimum Gasteiger partial charge on any atom is -0.507 e. The van der Waals surface area contributed by atoms with Crippen LogP contribution in [0.4, 0.5) is 17.3 Å². The molecule has 0 radical (unpaired) electrons. The van der Waals surface area contributed by atoms with Crippen molar-refractivity contribution in [2.75, 3.05) is 15.5 Å². The van der Waals surface area contributed by atoms with Gasteiger partial charge in [0.2, 0.25) is 0 Å². The topological polar surface area (TPSA) is 73.3 Å². The molecule has 0 amide bonds. The number of phenolic OH excluding ortho intramolecular Hbond substituents is 1. The average Bonchev–Trinajstić information content (AvgIpc) is 2.86. The zero-order valence-corrected chi connectivity index (χ0v) is 21.4. The predicted octanol–water partition coefficient (Wildman–Crippen LogP) is 7.18. The van der Waals surface area contributed by atoms with E-state index in [-0.39, 0.29) is 11.8 Å². The quantitative estimate of drug-likeness (QED) is 0.355. The number of hydrogen-bond acceptors (Lipinski definition) is 6. The minimum absolute atomic E-state index is 0.109. The molecule has 2 aromatic carbocycles. The molecule has 0 unspecified atom stereocenters. The Kier molecular flexibility index (Phi) is 8.31. The molecular formula is C29H35N5O. The van der Waals surface area contributed by atoms with Crippen LogP contribution in [-0.2, 0) is 0 Å². The third kappa shape index (κ3) is 5.54. The second kappa shape index (κ2) is 11.4. The molecule has 182 valence electrons. The molecule has 1 aliphatic heterocycles. The lowest BCUT2D eigenvalue weighted by Crippen LogP contribution is -2.34. The maximum Gasteiger partial charge on any atom is 0.138 e. The van der Waals surface area contributed by atoms with E-state index in [4.69, 9.17) is 0 Å². The molecule has 6 heteroatoms. The van der Waals surface area contributed by atoms with Crippen molar-refractivity contribution in [1.82, 2.24) is 9.97 Å². The van der Waals surface area contributed by atoms with Crippen LogP contribution < -0.4 is 15.5 Å². The highest BCUT2D eigenvalue weighted by atomic mass is 16.3. The second-order valence-electron chi connectivity index (χ2n) is 8.36. The summed E-state index contributed by atoms with van der Waals surface area (Å²) in [5.74, 6) is 1.73. The fourth-order valence-corrected chi connectivity index (χ4v) is 3.92. The molecule has 1 aromatic heterocycles. The lowest BCUT2D eigenvalue weighted by molar-refractivity contribution is 0.473. The number of phenols is 1. The van der Waals surface area contributed by atoms with E-state index < -0.39 is 0 Å². The number of aromatic nitrogens is 2. The predicted molar refractivity (Wildman–Crippen MR) is 148 cm³/mol. The van der Waals surface area contributed by atoms with E-state index in [1.165, 1.54) is 0 Å². The summed E-state index contributed by atoms with van der Waals surface area (Å²) in [6.45, 7) is 16.5. The van der Waals surface area contributed by atoms with Crippen LogP contribution >= 0.6 is 0 Å². The molecule has 1 atom stereocenters. The van der Waals surface area contributed by atoms with Crippen molar-refractivity contribution < 1.29 is 5.11 Å². The van der Waals surface area contributed by atoms with Crippen molar-refractivity contribution in [1.29, 1.82) is 0 Å². The molecule has 0 fully saturated rings. The van der Waals surface area contributed by atoms with E-state index in [1.54, 1.807) is 12.4 Å². The summed E-state index contributed by atoms with van der Waals surface area (Å²) >= 11 is 0. The Balaban J connectivity index is 0.00000167. The monoisotopic (exact) mass is 469 g/mol. The molecule has 0 saturated carbocycles. The van der Waals surface area contributed by atoms with Gasteiger partial charge >= 0.3 is 0 Å². The molecule has 0 bridgehead atoms. The third-order valence-electron chi connectivity index (χ3n) is 5.59. The standard InChI is InChI=1S/C27H29N5O.C2H6/c1-17(2)15-28-26-18(3)27(30-16-29-26)31-19(4)23-14-21-10-9-13-24(33)25(21)20(5)32(23)22-11-7-6-8-12-22;1-2/h6-16,19,33H,5H2,1-4H3,(H2,28,29,30,31);1-2H3/t19-;/m0./s1. The van der Waals surface area contributed by atoms with E-state index in [9.17, 15) is 5.11 Å². The van der Waals surface area contributed by atoms with E-state index in [1.807, 2.05) is 83.3 Å². The van der Waals surface area contributed by atoms with Gasteiger partial charge in [-0.2, -0.15) is 0 Å². The van der Waals surface area contributed by atoms with Gasteiger partial charge in [0.15, 0.2) is 0 Å². The number of fused-ring (bicyclic) bond motifs is 1. The highest BCUT2D eigenvalue weighted by molar-refractivity contribution is 5.93. The van der Waals surface area contributed by atoms with Gasteiger partial charge in [0.25, 0.3) is 0 Å². The number of nitrogens with zero attached hydrogens (tertiary/aromatic N) is 3.